The Morgan fingerprint density at radius 3 is 2.68 bits per heavy atom. The van der Waals surface area contributed by atoms with E-state index in [2.05, 4.69) is 0 Å². The molecule has 2 rings (SSSR count). The smallest absolute Gasteiger partial charge is 0.410 e. The third kappa shape index (κ3) is 3.85. The van der Waals surface area contributed by atoms with Gasteiger partial charge < -0.3 is 14.4 Å². The van der Waals surface area contributed by atoms with Crippen LogP contribution in [0.4, 0.5) is 4.79 Å². The van der Waals surface area contributed by atoms with Gasteiger partial charge >= 0.3 is 12.1 Å². The number of carbonyl (C=O) groups is 2. The van der Waals surface area contributed by atoms with E-state index in [1.54, 1.807) is 18.7 Å². The summed E-state index contributed by atoms with van der Waals surface area (Å²) in [4.78, 5) is 25.1. The number of hydrogen-bond donors (Lipinski definition) is 0. The van der Waals surface area contributed by atoms with Crippen molar-refractivity contribution in [3.63, 3.8) is 0 Å². The molecule has 2 aliphatic rings. The molecule has 0 aromatic carbocycles. The van der Waals surface area contributed by atoms with Crippen molar-refractivity contribution in [2.45, 2.75) is 58.2 Å². The fraction of sp³-hybridized carbons (Fsp3) is 0.857. The van der Waals surface area contributed by atoms with Crippen LogP contribution in [-0.2, 0) is 14.3 Å². The standard InChI is InChI=1S/C14H23NO4/c1-10(2)18-13(16)12-9-15(14(17)19-12)8-11-6-4-3-5-7-11/h10-12H,3-9H2,1-2H3/t12-/m1/s1. The van der Waals surface area contributed by atoms with E-state index in [1.165, 1.54) is 32.1 Å². The predicted octanol–water partition coefficient (Wildman–Crippen LogP) is 2.34. The molecule has 0 aromatic rings. The molecule has 0 unspecified atom stereocenters. The van der Waals surface area contributed by atoms with E-state index in [-0.39, 0.29) is 12.2 Å². The van der Waals surface area contributed by atoms with Gasteiger partial charge in [-0.1, -0.05) is 19.3 Å². The maximum atomic E-state index is 11.7. The van der Waals surface area contributed by atoms with E-state index in [0.717, 1.165) is 0 Å². The highest BCUT2D eigenvalue weighted by atomic mass is 16.6. The summed E-state index contributed by atoms with van der Waals surface area (Å²) in [5, 5.41) is 0. The highest BCUT2D eigenvalue weighted by molar-refractivity contribution is 5.82. The lowest BCUT2D eigenvalue weighted by Crippen LogP contribution is -2.34. The first kappa shape index (κ1) is 14.2. The van der Waals surface area contributed by atoms with Gasteiger partial charge in [0.2, 0.25) is 6.10 Å². The monoisotopic (exact) mass is 269 g/mol. The molecule has 19 heavy (non-hydrogen) atoms. The Morgan fingerprint density at radius 2 is 2.05 bits per heavy atom. The van der Waals surface area contributed by atoms with Crippen LogP contribution in [0, 0.1) is 5.92 Å². The highest BCUT2D eigenvalue weighted by Gasteiger charge is 2.38. The largest absolute Gasteiger partial charge is 0.460 e. The Bertz CT molecular complexity index is 336. The predicted molar refractivity (Wildman–Crippen MR) is 69.6 cm³/mol. The fourth-order valence-corrected chi connectivity index (χ4v) is 2.77. The average molecular weight is 269 g/mol. The molecular formula is C14H23NO4. The van der Waals surface area contributed by atoms with E-state index in [4.69, 9.17) is 9.47 Å². The summed E-state index contributed by atoms with van der Waals surface area (Å²) in [6.07, 6.45) is 4.81. The van der Waals surface area contributed by atoms with Crippen molar-refractivity contribution in [3.8, 4) is 0 Å². The van der Waals surface area contributed by atoms with Gasteiger partial charge in [0.05, 0.1) is 12.6 Å². The minimum Gasteiger partial charge on any atom is -0.460 e. The van der Waals surface area contributed by atoms with E-state index in [9.17, 15) is 9.59 Å². The van der Waals surface area contributed by atoms with Gasteiger partial charge in [0.15, 0.2) is 0 Å². The normalized spacial score (nSPS) is 24.7. The van der Waals surface area contributed by atoms with E-state index in [1.807, 2.05) is 0 Å². The van der Waals surface area contributed by atoms with Crippen molar-refractivity contribution in [1.82, 2.24) is 4.90 Å². The zero-order valence-electron chi connectivity index (χ0n) is 11.8. The molecule has 2 fully saturated rings. The van der Waals surface area contributed by atoms with Crippen LogP contribution in [0.25, 0.3) is 0 Å². The summed E-state index contributed by atoms with van der Waals surface area (Å²) < 4.78 is 10.2. The molecule has 1 heterocycles. The third-order valence-corrected chi connectivity index (χ3v) is 3.71. The SMILES string of the molecule is CC(C)OC(=O)[C@H]1CN(CC2CCCCC2)C(=O)O1. The minimum absolute atomic E-state index is 0.182. The molecule has 1 aliphatic heterocycles. The quantitative estimate of drug-likeness (QED) is 0.735. The van der Waals surface area contributed by atoms with Gasteiger partial charge in [-0.15, -0.1) is 0 Å². The highest BCUT2D eigenvalue weighted by Crippen LogP contribution is 2.26. The fourth-order valence-electron chi connectivity index (χ4n) is 2.77. The molecule has 1 amide bonds. The van der Waals surface area contributed by atoms with E-state index >= 15 is 0 Å². The molecule has 1 atom stereocenters. The Balaban J connectivity index is 1.83. The number of amides is 1. The van der Waals surface area contributed by atoms with Crippen LogP contribution in [0.2, 0.25) is 0 Å². The number of rotatable bonds is 4. The van der Waals surface area contributed by atoms with Gasteiger partial charge in [0, 0.05) is 6.54 Å². The van der Waals surface area contributed by atoms with Gasteiger partial charge in [-0.25, -0.2) is 9.59 Å². The number of nitrogens with zero attached hydrogens (tertiary/aromatic N) is 1. The Kier molecular flexibility index (Phi) is 4.66. The molecule has 0 aromatic heterocycles. The summed E-state index contributed by atoms with van der Waals surface area (Å²) in [7, 11) is 0. The lowest BCUT2D eigenvalue weighted by molar-refractivity contribution is -0.155. The Hall–Kier alpha value is -1.26. The third-order valence-electron chi connectivity index (χ3n) is 3.71. The molecule has 5 nitrogen and oxygen atoms in total. The Labute approximate surface area is 114 Å². The van der Waals surface area contributed by atoms with Gasteiger partial charge in [-0.3, -0.25) is 0 Å². The number of esters is 1. The van der Waals surface area contributed by atoms with Crippen LogP contribution in [0.15, 0.2) is 0 Å². The van der Waals surface area contributed by atoms with Crippen LogP contribution in [0.3, 0.4) is 0 Å². The summed E-state index contributed by atoms with van der Waals surface area (Å²) in [6.45, 7) is 4.62. The Morgan fingerprint density at radius 1 is 1.37 bits per heavy atom. The van der Waals surface area contributed by atoms with Gasteiger partial charge in [0.1, 0.15) is 0 Å². The first-order valence-corrected chi connectivity index (χ1v) is 7.22. The number of cyclic esters (lactones) is 1. The molecule has 1 saturated heterocycles. The minimum atomic E-state index is -0.751. The van der Waals surface area contributed by atoms with Crippen molar-refractivity contribution in [2.75, 3.05) is 13.1 Å². The molecule has 1 saturated carbocycles. The second-order valence-electron chi connectivity index (χ2n) is 5.77. The van der Waals surface area contributed by atoms with E-state index in [0.29, 0.717) is 19.0 Å². The second kappa shape index (κ2) is 6.26. The van der Waals surface area contributed by atoms with Crippen LogP contribution in [0.1, 0.15) is 46.0 Å². The zero-order valence-corrected chi connectivity index (χ0v) is 11.8. The number of ether oxygens (including phenoxy) is 2. The maximum absolute atomic E-state index is 11.7. The van der Waals surface area contributed by atoms with Crippen molar-refractivity contribution >= 4 is 12.1 Å². The maximum Gasteiger partial charge on any atom is 0.410 e. The van der Waals surface area contributed by atoms with Crippen molar-refractivity contribution in [1.29, 1.82) is 0 Å². The van der Waals surface area contributed by atoms with Crippen molar-refractivity contribution in [2.24, 2.45) is 5.92 Å². The van der Waals surface area contributed by atoms with Crippen LogP contribution in [-0.4, -0.2) is 42.3 Å². The number of hydrogen-bond acceptors (Lipinski definition) is 4. The van der Waals surface area contributed by atoms with Crippen LogP contribution >= 0.6 is 0 Å². The first-order valence-electron chi connectivity index (χ1n) is 7.22. The van der Waals surface area contributed by atoms with Crippen LogP contribution in [0.5, 0.6) is 0 Å². The topological polar surface area (TPSA) is 55.8 Å². The van der Waals surface area contributed by atoms with Gasteiger partial charge in [0.25, 0.3) is 0 Å². The molecular weight excluding hydrogens is 246 g/mol. The van der Waals surface area contributed by atoms with Gasteiger partial charge in [-0.2, -0.15) is 0 Å². The van der Waals surface area contributed by atoms with Crippen molar-refractivity contribution < 1.29 is 19.1 Å². The summed E-state index contributed by atoms with van der Waals surface area (Å²) >= 11 is 0. The molecule has 108 valence electrons. The molecule has 1 aliphatic carbocycles. The van der Waals surface area contributed by atoms with Gasteiger partial charge in [-0.05, 0) is 32.6 Å². The molecule has 5 heteroatoms. The number of carbonyl (C=O) groups excluding carboxylic acids is 2. The zero-order chi connectivity index (χ0) is 13.8. The average Bonchev–Trinajstić information content (AvgIpc) is 2.72. The first-order chi connectivity index (χ1) is 9.06. The summed E-state index contributed by atoms with van der Waals surface area (Å²) in [5.74, 6) is 0.121. The lowest BCUT2D eigenvalue weighted by atomic mass is 9.89. The molecule has 0 spiro atoms. The van der Waals surface area contributed by atoms with Crippen LogP contribution < -0.4 is 0 Å². The summed E-state index contributed by atoms with van der Waals surface area (Å²) in [6, 6.07) is 0. The van der Waals surface area contributed by atoms with Crippen molar-refractivity contribution in [3.05, 3.63) is 0 Å². The molecule has 0 N–H and O–H groups in total. The summed E-state index contributed by atoms with van der Waals surface area (Å²) in [5.41, 5.74) is 0. The lowest BCUT2D eigenvalue weighted by Gasteiger charge is -2.25. The molecule has 0 bridgehead atoms. The second-order valence-corrected chi connectivity index (χ2v) is 5.77. The van der Waals surface area contributed by atoms with E-state index < -0.39 is 12.1 Å². The molecule has 0 radical (unpaired) electrons.